The number of benzene rings is 2. The number of methoxy groups -OCH3 is 1. The molecule has 0 amide bonds. The Morgan fingerprint density at radius 1 is 0.939 bits per heavy atom. The van der Waals surface area contributed by atoms with Crippen LogP contribution in [0.15, 0.2) is 77.8 Å². The van der Waals surface area contributed by atoms with E-state index in [2.05, 4.69) is 15.0 Å². The van der Waals surface area contributed by atoms with Crippen molar-refractivity contribution in [1.82, 2.24) is 4.98 Å². The van der Waals surface area contributed by atoms with Gasteiger partial charge in [-0.15, -0.1) is 0 Å². The first-order valence-electron chi connectivity index (χ1n) is 9.61. The smallest absolute Gasteiger partial charge is 0.320 e. The van der Waals surface area contributed by atoms with Crippen molar-refractivity contribution in [2.75, 3.05) is 17.1 Å². The number of carboxylic acids is 2. The monoisotopic (exact) mass is 471 g/mol. The second-order valence-electron chi connectivity index (χ2n) is 6.89. The lowest BCUT2D eigenvalue weighted by Gasteiger charge is -2.24. The minimum absolute atomic E-state index is 0.0484. The van der Waals surface area contributed by atoms with Crippen molar-refractivity contribution >= 4 is 33.5 Å². The predicted octanol–water partition coefficient (Wildman–Crippen LogP) is 2.83. The molecule has 172 valence electrons. The molecular weight excluding hydrogens is 450 g/mol. The van der Waals surface area contributed by atoms with Gasteiger partial charge < -0.3 is 20.3 Å². The van der Waals surface area contributed by atoms with Gasteiger partial charge in [-0.05, 0) is 54.1 Å². The number of rotatable bonds is 10. The molecule has 11 heteroatoms. The highest BCUT2D eigenvalue weighted by atomic mass is 32.2. The van der Waals surface area contributed by atoms with Crippen LogP contribution >= 0.6 is 0 Å². The third-order valence-electron chi connectivity index (χ3n) is 4.73. The standard InChI is InChI=1S/C22H21N3O7S/c1-32-16-9-5-14(6-10-16)20(19(21(26)27)22(28)29)24-15-7-11-17(12-8-15)33(30,31)25-18-4-2-3-13-23-18/h2-13,19-20,24H,1H3,(H,23,25)(H,26,27)(H,28,29)/t20-/m1/s1. The summed E-state index contributed by atoms with van der Waals surface area (Å²) in [7, 11) is -2.43. The van der Waals surface area contributed by atoms with Crippen molar-refractivity contribution in [2.45, 2.75) is 10.9 Å². The van der Waals surface area contributed by atoms with E-state index >= 15 is 0 Å². The molecule has 1 heterocycles. The molecule has 0 aliphatic carbocycles. The fourth-order valence-corrected chi connectivity index (χ4v) is 4.10. The lowest BCUT2D eigenvalue weighted by molar-refractivity contribution is -0.155. The van der Waals surface area contributed by atoms with Crippen molar-refractivity contribution < 1.29 is 33.0 Å². The molecule has 0 aliphatic heterocycles. The molecule has 2 aromatic carbocycles. The van der Waals surface area contributed by atoms with Crippen molar-refractivity contribution in [3.05, 3.63) is 78.5 Å². The first kappa shape index (κ1) is 23.5. The van der Waals surface area contributed by atoms with Gasteiger partial charge in [-0.25, -0.2) is 13.4 Å². The molecular formula is C22H21N3O7S. The number of hydrogen-bond donors (Lipinski definition) is 4. The first-order chi connectivity index (χ1) is 15.7. The van der Waals surface area contributed by atoms with Gasteiger partial charge in [-0.3, -0.25) is 14.3 Å². The molecule has 0 saturated carbocycles. The summed E-state index contributed by atoms with van der Waals surface area (Å²) in [5.74, 6) is -4.16. The molecule has 4 N–H and O–H groups in total. The second kappa shape index (κ2) is 10.0. The van der Waals surface area contributed by atoms with Crippen molar-refractivity contribution in [3.63, 3.8) is 0 Å². The number of pyridine rings is 1. The van der Waals surface area contributed by atoms with Crippen LogP contribution in [0.2, 0.25) is 0 Å². The average molecular weight is 471 g/mol. The number of sulfonamides is 1. The summed E-state index contributed by atoms with van der Waals surface area (Å²) in [5.41, 5.74) is 0.735. The molecule has 0 saturated heterocycles. The summed E-state index contributed by atoms with van der Waals surface area (Å²) >= 11 is 0. The Labute approximate surface area is 189 Å². The van der Waals surface area contributed by atoms with E-state index in [1.54, 1.807) is 36.4 Å². The molecule has 0 bridgehead atoms. The number of aliphatic carboxylic acids is 2. The quantitative estimate of drug-likeness (QED) is 0.327. The number of nitrogens with zero attached hydrogens (tertiary/aromatic N) is 1. The molecule has 1 aromatic heterocycles. The van der Waals surface area contributed by atoms with Crippen molar-refractivity contribution in [2.24, 2.45) is 5.92 Å². The van der Waals surface area contributed by atoms with Crippen LogP contribution in [0.25, 0.3) is 0 Å². The minimum atomic E-state index is -3.90. The number of carbonyl (C=O) groups is 2. The van der Waals surface area contributed by atoms with Crippen LogP contribution in [0.3, 0.4) is 0 Å². The number of anilines is 2. The van der Waals surface area contributed by atoms with E-state index in [9.17, 15) is 28.2 Å². The Morgan fingerprint density at radius 2 is 1.58 bits per heavy atom. The molecule has 3 rings (SSSR count). The van der Waals surface area contributed by atoms with Gasteiger partial charge in [0.1, 0.15) is 11.6 Å². The molecule has 0 unspecified atom stereocenters. The van der Waals surface area contributed by atoms with Gasteiger partial charge in [-0.2, -0.15) is 0 Å². The molecule has 3 aromatic rings. The number of aromatic nitrogens is 1. The molecule has 0 radical (unpaired) electrons. The van der Waals surface area contributed by atoms with Crippen LogP contribution in [0.4, 0.5) is 11.5 Å². The van der Waals surface area contributed by atoms with E-state index in [-0.39, 0.29) is 10.7 Å². The number of nitrogens with one attached hydrogen (secondary N) is 2. The molecule has 0 aliphatic rings. The zero-order valence-corrected chi connectivity index (χ0v) is 18.2. The number of ether oxygens (including phenoxy) is 1. The maximum atomic E-state index is 12.6. The van der Waals surface area contributed by atoms with Crippen molar-refractivity contribution in [3.8, 4) is 5.75 Å². The fraction of sp³-hybridized carbons (Fsp3) is 0.136. The Balaban J connectivity index is 1.88. The maximum Gasteiger partial charge on any atom is 0.320 e. The highest BCUT2D eigenvalue weighted by molar-refractivity contribution is 7.92. The predicted molar refractivity (Wildman–Crippen MR) is 120 cm³/mol. The number of carboxylic acid groups (broad SMARTS) is 2. The number of hydrogen-bond acceptors (Lipinski definition) is 7. The van der Waals surface area contributed by atoms with E-state index in [1.165, 1.54) is 43.6 Å². The Morgan fingerprint density at radius 3 is 2.09 bits per heavy atom. The van der Waals surface area contributed by atoms with Crippen LogP contribution in [0.5, 0.6) is 5.75 Å². The summed E-state index contributed by atoms with van der Waals surface area (Å²) in [4.78, 5) is 27.3. The van der Waals surface area contributed by atoms with Crippen LogP contribution in [0, 0.1) is 5.92 Å². The Kier molecular flexibility index (Phi) is 7.13. The van der Waals surface area contributed by atoms with E-state index in [4.69, 9.17) is 4.74 Å². The topological polar surface area (TPSA) is 155 Å². The zero-order valence-electron chi connectivity index (χ0n) is 17.4. The SMILES string of the molecule is COc1ccc([C@@H](Nc2ccc(S(=O)(=O)Nc3ccccn3)cc2)C(C(=O)O)C(=O)O)cc1. The maximum absolute atomic E-state index is 12.6. The van der Waals surface area contributed by atoms with E-state index in [0.717, 1.165) is 0 Å². The van der Waals surface area contributed by atoms with Gasteiger partial charge >= 0.3 is 11.9 Å². The summed E-state index contributed by atoms with van der Waals surface area (Å²) < 4.78 is 32.6. The molecule has 33 heavy (non-hydrogen) atoms. The van der Waals surface area contributed by atoms with Gasteiger partial charge in [0.25, 0.3) is 10.0 Å². The van der Waals surface area contributed by atoms with Gasteiger partial charge in [-0.1, -0.05) is 18.2 Å². The second-order valence-corrected chi connectivity index (χ2v) is 8.58. The fourth-order valence-electron chi connectivity index (χ4n) is 3.09. The van der Waals surface area contributed by atoms with Crippen LogP contribution < -0.4 is 14.8 Å². The molecule has 0 fully saturated rings. The minimum Gasteiger partial charge on any atom is -0.497 e. The third-order valence-corrected chi connectivity index (χ3v) is 6.10. The lowest BCUT2D eigenvalue weighted by Crippen LogP contribution is -2.34. The van der Waals surface area contributed by atoms with E-state index in [1.807, 2.05) is 0 Å². The van der Waals surface area contributed by atoms with Gasteiger partial charge in [0.05, 0.1) is 18.0 Å². The zero-order chi connectivity index (χ0) is 24.0. The average Bonchev–Trinajstić information content (AvgIpc) is 2.79. The normalized spacial score (nSPS) is 12.1. The summed E-state index contributed by atoms with van der Waals surface area (Å²) in [5, 5.41) is 21.9. The highest BCUT2D eigenvalue weighted by Gasteiger charge is 2.36. The molecule has 0 spiro atoms. The van der Waals surface area contributed by atoms with Crippen molar-refractivity contribution in [1.29, 1.82) is 0 Å². The lowest BCUT2D eigenvalue weighted by atomic mass is 9.92. The highest BCUT2D eigenvalue weighted by Crippen LogP contribution is 2.30. The van der Waals surface area contributed by atoms with Crippen LogP contribution in [-0.2, 0) is 19.6 Å². The van der Waals surface area contributed by atoms with Gasteiger partial charge in [0.2, 0.25) is 0 Å². The summed E-state index contributed by atoms with van der Waals surface area (Å²) in [6.45, 7) is 0. The van der Waals surface area contributed by atoms with Gasteiger partial charge in [0, 0.05) is 11.9 Å². The van der Waals surface area contributed by atoms with Crippen LogP contribution in [0.1, 0.15) is 11.6 Å². The Bertz CT molecular complexity index is 1200. The summed E-state index contributed by atoms with van der Waals surface area (Å²) in [6, 6.07) is 15.4. The van der Waals surface area contributed by atoms with E-state index < -0.39 is 33.9 Å². The molecule has 10 nitrogen and oxygen atoms in total. The van der Waals surface area contributed by atoms with Crippen LogP contribution in [-0.4, -0.2) is 42.7 Å². The van der Waals surface area contributed by atoms with Gasteiger partial charge in [0.15, 0.2) is 5.92 Å². The summed E-state index contributed by atoms with van der Waals surface area (Å²) in [6.07, 6.45) is 1.45. The largest absolute Gasteiger partial charge is 0.497 e. The third kappa shape index (κ3) is 5.77. The Hall–Kier alpha value is -4.12. The first-order valence-corrected chi connectivity index (χ1v) is 11.1. The van der Waals surface area contributed by atoms with E-state index in [0.29, 0.717) is 17.0 Å². The molecule has 1 atom stereocenters.